The fourth-order valence-corrected chi connectivity index (χ4v) is 3.92. The van der Waals surface area contributed by atoms with E-state index in [4.69, 9.17) is 4.74 Å². The minimum absolute atomic E-state index is 0.0292. The smallest absolute Gasteiger partial charge is 0.232 e. The van der Waals surface area contributed by atoms with Crippen LogP contribution in [0, 0.1) is 12.8 Å². The fourth-order valence-electron chi connectivity index (χ4n) is 3.92. The third-order valence-corrected chi connectivity index (χ3v) is 5.36. The minimum Gasteiger partial charge on any atom is -0.496 e. The molecule has 8 nitrogen and oxygen atoms in total. The first kappa shape index (κ1) is 19.6. The van der Waals surface area contributed by atoms with E-state index in [0.29, 0.717) is 12.2 Å². The van der Waals surface area contributed by atoms with Crippen LogP contribution in [0.5, 0.6) is 5.75 Å². The van der Waals surface area contributed by atoms with Gasteiger partial charge in [-0.3, -0.25) is 14.9 Å². The van der Waals surface area contributed by atoms with Gasteiger partial charge < -0.3 is 9.64 Å². The first-order chi connectivity index (χ1) is 14.6. The van der Waals surface area contributed by atoms with Gasteiger partial charge in [-0.05, 0) is 31.5 Å². The van der Waals surface area contributed by atoms with E-state index in [1.807, 2.05) is 55.5 Å². The molecule has 2 amide bonds. The molecule has 0 saturated carbocycles. The van der Waals surface area contributed by atoms with Gasteiger partial charge >= 0.3 is 0 Å². The van der Waals surface area contributed by atoms with Gasteiger partial charge in [0.25, 0.3) is 0 Å². The standard InChI is InChI=1S/C22H23N5O3/c1-14-7-9-15(10-8-14)27-19(28)12-11-17(21(29)25-22-23-13-24-26-22)20(27)16-5-3-4-6-18(16)30-2/h3-10,13,17,20H,11-12H2,1-2H3,(H2,23,24,25,26,29). The first-order valence-corrected chi connectivity index (χ1v) is 9.76. The predicted molar refractivity (Wildman–Crippen MR) is 112 cm³/mol. The maximum atomic E-state index is 13.2. The number of aromatic nitrogens is 3. The molecular weight excluding hydrogens is 382 g/mol. The second-order valence-electron chi connectivity index (χ2n) is 7.25. The zero-order valence-electron chi connectivity index (χ0n) is 16.8. The molecule has 4 rings (SSSR count). The summed E-state index contributed by atoms with van der Waals surface area (Å²) in [6.07, 6.45) is 2.02. The van der Waals surface area contributed by atoms with E-state index in [1.165, 1.54) is 6.33 Å². The molecule has 0 radical (unpaired) electrons. The van der Waals surface area contributed by atoms with Crippen LogP contribution in [0.25, 0.3) is 0 Å². The predicted octanol–water partition coefficient (Wildman–Crippen LogP) is 3.24. The average Bonchev–Trinajstić information content (AvgIpc) is 3.27. The number of carbonyl (C=O) groups is 2. The fraction of sp³-hybridized carbons (Fsp3) is 0.273. The third kappa shape index (κ3) is 3.76. The van der Waals surface area contributed by atoms with Gasteiger partial charge in [-0.1, -0.05) is 35.9 Å². The number of nitrogens with zero attached hydrogens (tertiary/aromatic N) is 3. The monoisotopic (exact) mass is 405 g/mol. The Morgan fingerprint density at radius 2 is 1.97 bits per heavy atom. The van der Waals surface area contributed by atoms with Crippen molar-refractivity contribution < 1.29 is 14.3 Å². The number of aromatic amines is 1. The molecule has 0 spiro atoms. The molecule has 2 unspecified atom stereocenters. The number of piperidine rings is 1. The summed E-state index contributed by atoms with van der Waals surface area (Å²) in [4.78, 5) is 32.0. The van der Waals surface area contributed by atoms with E-state index in [1.54, 1.807) is 12.0 Å². The highest BCUT2D eigenvalue weighted by atomic mass is 16.5. The second-order valence-corrected chi connectivity index (χ2v) is 7.25. The quantitative estimate of drug-likeness (QED) is 0.679. The number of hydrogen-bond acceptors (Lipinski definition) is 5. The molecular formula is C22H23N5O3. The molecule has 1 saturated heterocycles. The van der Waals surface area contributed by atoms with Crippen molar-refractivity contribution in [3.8, 4) is 5.75 Å². The normalized spacial score (nSPS) is 18.9. The van der Waals surface area contributed by atoms with Crippen molar-refractivity contribution in [2.45, 2.75) is 25.8 Å². The number of para-hydroxylation sites is 1. The van der Waals surface area contributed by atoms with Gasteiger partial charge in [0.15, 0.2) is 0 Å². The van der Waals surface area contributed by atoms with Crippen LogP contribution in [-0.2, 0) is 9.59 Å². The van der Waals surface area contributed by atoms with Crippen molar-refractivity contribution in [2.75, 3.05) is 17.3 Å². The number of benzene rings is 2. The molecule has 30 heavy (non-hydrogen) atoms. The molecule has 1 aliphatic rings. The lowest BCUT2D eigenvalue weighted by atomic mass is 9.82. The molecule has 1 aliphatic heterocycles. The van der Waals surface area contributed by atoms with Crippen molar-refractivity contribution in [3.63, 3.8) is 0 Å². The highest BCUT2D eigenvalue weighted by Gasteiger charge is 2.42. The number of nitrogens with one attached hydrogen (secondary N) is 2. The molecule has 1 aromatic heterocycles. The number of anilines is 2. The Morgan fingerprint density at radius 1 is 1.20 bits per heavy atom. The molecule has 154 valence electrons. The zero-order chi connectivity index (χ0) is 21.1. The van der Waals surface area contributed by atoms with E-state index in [9.17, 15) is 9.59 Å². The molecule has 2 heterocycles. The summed E-state index contributed by atoms with van der Waals surface area (Å²) >= 11 is 0. The number of hydrogen-bond donors (Lipinski definition) is 2. The van der Waals surface area contributed by atoms with Crippen LogP contribution in [0.3, 0.4) is 0 Å². The lowest BCUT2D eigenvalue weighted by molar-refractivity contribution is -0.126. The summed E-state index contributed by atoms with van der Waals surface area (Å²) in [7, 11) is 1.59. The van der Waals surface area contributed by atoms with Crippen LogP contribution in [-0.4, -0.2) is 34.1 Å². The van der Waals surface area contributed by atoms with Crippen molar-refractivity contribution in [1.29, 1.82) is 0 Å². The number of H-pyrrole nitrogens is 1. The van der Waals surface area contributed by atoms with E-state index in [0.717, 1.165) is 16.8 Å². The summed E-state index contributed by atoms with van der Waals surface area (Å²) in [5.74, 6) is 0.153. The first-order valence-electron chi connectivity index (χ1n) is 9.76. The van der Waals surface area contributed by atoms with E-state index in [2.05, 4.69) is 20.5 Å². The zero-order valence-corrected chi connectivity index (χ0v) is 16.8. The number of rotatable bonds is 5. The average molecular weight is 405 g/mol. The highest BCUT2D eigenvalue weighted by molar-refractivity contribution is 6.00. The van der Waals surface area contributed by atoms with Crippen LogP contribution in [0.4, 0.5) is 11.6 Å². The Bertz CT molecular complexity index is 1030. The summed E-state index contributed by atoms with van der Waals surface area (Å²) < 4.78 is 5.57. The molecule has 2 atom stereocenters. The number of carbonyl (C=O) groups excluding carboxylic acids is 2. The van der Waals surface area contributed by atoms with Gasteiger partial charge in [-0.2, -0.15) is 10.1 Å². The van der Waals surface area contributed by atoms with Gasteiger partial charge in [0.2, 0.25) is 17.8 Å². The van der Waals surface area contributed by atoms with E-state index in [-0.39, 0.29) is 24.2 Å². The van der Waals surface area contributed by atoms with Crippen LogP contribution in [0.1, 0.15) is 30.0 Å². The van der Waals surface area contributed by atoms with Crippen LogP contribution >= 0.6 is 0 Å². The summed E-state index contributed by atoms with van der Waals surface area (Å²) in [6, 6.07) is 14.7. The Kier molecular flexibility index (Phi) is 5.47. The largest absolute Gasteiger partial charge is 0.496 e. The SMILES string of the molecule is COc1ccccc1C1C(C(=O)Nc2ncn[nH]2)CCC(=O)N1c1ccc(C)cc1. The topological polar surface area (TPSA) is 100 Å². The van der Waals surface area contributed by atoms with Crippen molar-refractivity contribution >= 4 is 23.5 Å². The Labute approximate surface area is 174 Å². The summed E-state index contributed by atoms with van der Waals surface area (Å²) in [5, 5.41) is 9.19. The number of aryl methyl sites for hydroxylation is 1. The molecule has 0 aliphatic carbocycles. The molecule has 3 aromatic rings. The summed E-state index contributed by atoms with van der Waals surface area (Å²) in [5.41, 5.74) is 2.63. The molecule has 2 N–H and O–H groups in total. The van der Waals surface area contributed by atoms with Crippen molar-refractivity contribution in [3.05, 3.63) is 66.0 Å². The maximum absolute atomic E-state index is 13.2. The van der Waals surface area contributed by atoms with Crippen LogP contribution in [0.2, 0.25) is 0 Å². The van der Waals surface area contributed by atoms with E-state index >= 15 is 0 Å². The summed E-state index contributed by atoms with van der Waals surface area (Å²) in [6.45, 7) is 1.99. The number of methoxy groups -OCH3 is 1. The van der Waals surface area contributed by atoms with Crippen LogP contribution < -0.4 is 15.0 Å². The van der Waals surface area contributed by atoms with Gasteiger partial charge in [-0.25, -0.2) is 5.10 Å². The van der Waals surface area contributed by atoms with Gasteiger partial charge in [0, 0.05) is 17.7 Å². The Balaban J connectivity index is 1.79. The number of ether oxygens (including phenoxy) is 1. The lowest BCUT2D eigenvalue weighted by Gasteiger charge is -2.41. The van der Waals surface area contributed by atoms with E-state index < -0.39 is 12.0 Å². The van der Waals surface area contributed by atoms with Gasteiger partial charge in [0.1, 0.15) is 12.1 Å². The lowest BCUT2D eigenvalue weighted by Crippen LogP contribution is -2.47. The second kappa shape index (κ2) is 8.36. The molecule has 2 aromatic carbocycles. The van der Waals surface area contributed by atoms with Crippen molar-refractivity contribution in [2.24, 2.45) is 5.92 Å². The minimum atomic E-state index is -0.520. The van der Waals surface area contributed by atoms with Gasteiger partial charge in [0.05, 0.1) is 19.1 Å². The van der Waals surface area contributed by atoms with Crippen molar-refractivity contribution in [1.82, 2.24) is 15.2 Å². The molecule has 0 bridgehead atoms. The third-order valence-electron chi connectivity index (χ3n) is 5.36. The molecule has 1 fully saturated rings. The highest BCUT2D eigenvalue weighted by Crippen LogP contribution is 2.43. The Hall–Kier alpha value is -3.68. The number of amides is 2. The van der Waals surface area contributed by atoms with Crippen LogP contribution in [0.15, 0.2) is 54.9 Å². The molecule has 8 heteroatoms. The maximum Gasteiger partial charge on any atom is 0.232 e. The van der Waals surface area contributed by atoms with Gasteiger partial charge in [-0.15, -0.1) is 0 Å². The Morgan fingerprint density at radius 3 is 2.67 bits per heavy atom.